The Morgan fingerprint density at radius 2 is 2.25 bits per heavy atom. The minimum absolute atomic E-state index is 0.0735. The molecule has 2 aromatic heterocycles. The Kier molecular flexibility index (Phi) is 5.08. The van der Waals surface area contributed by atoms with Crippen LogP contribution in [-0.4, -0.2) is 36.2 Å². The highest BCUT2D eigenvalue weighted by Gasteiger charge is 2.30. The third kappa shape index (κ3) is 3.72. The lowest BCUT2D eigenvalue weighted by Gasteiger charge is -2.24. The van der Waals surface area contributed by atoms with Crippen LogP contribution >= 0.6 is 0 Å². The van der Waals surface area contributed by atoms with E-state index in [0.29, 0.717) is 12.5 Å². The van der Waals surface area contributed by atoms with Gasteiger partial charge in [0.15, 0.2) is 0 Å². The highest BCUT2D eigenvalue weighted by molar-refractivity contribution is 5.05. The largest absolute Gasteiger partial charge is 0.316 e. The molecule has 2 aromatic rings. The van der Waals surface area contributed by atoms with Crippen LogP contribution in [0, 0.1) is 5.92 Å². The average Bonchev–Trinajstić information content (AvgIpc) is 3.15. The molecule has 3 heterocycles. The van der Waals surface area contributed by atoms with Gasteiger partial charge in [-0.1, -0.05) is 20.8 Å². The van der Waals surface area contributed by atoms with Crippen molar-refractivity contribution in [1.29, 1.82) is 0 Å². The molecular formula is C17H26N6O. The number of aromatic nitrogens is 5. The van der Waals surface area contributed by atoms with E-state index in [4.69, 9.17) is 0 Å². The van der Waals surface area contributed by atoms with Crippen molar-refractivity contribution >= 4 is 0 Å². The van der Waals surface area contributed by atoms with Gasteiger partial charge in [-0.15, -0.1) is 10.2 Å². The van der Waals surface area contributed by atoms with E-state index >= 15 is 0 Å². The summed E-state index contributed by atoms with van der Waals surface area (Å²) in [5.41, 5.74) is 0.767. The van der Waals surface area contributed by atoms with E-state index in [-0.39, 0.29) is 11.6 Å². The first-order valence-corrected chi connectivity index (χ1v) is 8.77. The molecule has 0 amide bonds. The second-order valence-electron chi connectivity index (χ2n) is 6.90. The zero-order valence-electron chi connectivity index (χ0n) is 14.7. The Bertz CT molecular complexity index is 735. The fraction of sp³-hybridized carbons (Fsp3) is 0.647. The van der Waals surface area contributed by atoms with Crippen molar-refractivity contribution in [3.8, 4) is 0 Å². The fourth-order valence-corrected chi connectivity index (χ4v) is 3.38. The number of hydrogen-bond donors (Lipinski definition) is 1. The minimum atomic E-state index is -0.0735. The van der Waals surface area contributed by atoms with Crippen LogP contribution < -0.4 is 5.56 Å². The maximum absolute atomic E-state index is 11.8. The maximum Gasteiger partial charge on any atom is 0.251 e. The Labute approximate surface area is 142 Å². The molecule has 1 atom stereocenters. The minimum Gasteiger partial charge on any atom is -0.316 e. The standard InChI is InChI=1S/C17H26N6O/c1-4-13-8-16(24)20-15(19-13)10-22-7-5-6-14(22)17-21-18-11-23(17)9-12(2)3/h8,11-12,14H,4-7,9-10H2,1-3H3,(H,19,20,24). The molecule has 0 aliphatic carbocycles. The lowest BCUT2D eigenvalue weighted by molar-refractivity contribution is 0.227. The van der Waals surface area contributed by atoms with Crippen molar-refractivity contribution in [2.75, 3.05) is 6.54 Å². The van der Waals surface area contributed by atoms with Gasteiger partial charge in [-0.2, -0.15) is 0 Å². The molecule has 1 aliphatic heterocycles. The smallest absolute Gasteiger partial charge is 0.251 e. The molecule has 0 saturated carbocycles. The number of likely N-dealkylation sites (tertiary alicyclic amines) is 1. The van der Waals surface area contributed by atoms with Crippen molar-refractivity contribution in [3.63, 3.8) is 0 Å². The molecule has 7 nitrogen and oxygen atoms in total. The van der Waals surface area contributed by atoms with Gasteiger partial charge >= 0.3 is 0 Å². The molecule has 7 heteroatoms. The second kappa shape index (κ2) is 7.25. The van der Waals surface area contributed by atoms with Crippen molar-refractivity contribution in [3.05, 3.63) is 40.1 Å². The predicted octanol–water partition coefficient (Wildman–Crippen LogP) is 1.92. The van der Waals surface area contributed by atoms with Gasteiger partial charge < -0.3 is 9.55 Å². The summed E-state index contributed by atoms with van der Waals surface area (Å²) in [6, 6.07) is 1.81. The molecular weight excluding hydrogens is 304 g/mol. The highest BCUT2D eigenvalue weighted by atomic mass is 16.1. The summed E-state index contributed by atoms with van der Waals surface area (Å²) in [5.74, 6) is 2.31. The molecule has 0 bridgehead atoms. The van der Waals surface area contributed by atoms with Crippen LogP contribution in [0.25, 0.3) is 0 Å². The first-order chi connectivity index (χ1) is 11.6. The average molecular weight is 330 g/mol. The summed E-state index contributed by atoms with van der Waals surface area (Å²) in [4.78, 5) is 21.6. The first kappa shape index (κ1) is 16.8. The van der Waals surface area contributed by atoms with Gasteiger partial charge in [-0.3, -0.25) is 9.69 Å². The van der Waals surface area contributed by atoms with Gasteiger partial charge in [0.2, 0.25) is 0 Å². The first-order valence-electron chi connectivity index (χ1n) is 8.77. The highest BCUT2D eigenvalue weighted by Crippen LogP contribution is 2.31. The van der Waals surface area contributed by atoms with E-state index in [1.165, 1.54) is 0 Å². The summed E-state index contributed by atoms with van der Waals surface area (Å²) in [6.07, 6.45) is 4.78. The van der Waals surface area contributed by atoms with Crippen molar-refractivity contribution < 1.29 is 0 Å². The van der Waals surface area contributed by atoms with Crippen molar-refractivity contribution in [1.82, 2.24) is 29.6 Å². The molecule has 1 unspecified atom stereocenters. The number of hydrogen-bond acceptors (Lipinski definition) is 5. The quantitative estimate of drug-likeness (QED) is 0.875. The van der Waals surface area contributed by atoms with E-state index in [1.807, 2.05) is 13.3 Å². The van der Waals surface area contributed by atoms with Crippen LogP contribution in [0.3, 0.4) is 0 Å². The number of rotatable bonds is 6. The predicted molar refractivity (Wildman–Crippen MR) is 91.5 cm³/mol. The summed E-state index contributed by atoms with van der Waals surface area (Å²) in [5, 5.41) is 8.49. The second-order valence-corrected chi connectivity index (χ2v) is 6.90. The Hall–Kier alpha value is -2.02. The third-order valence-electron chi connectivity index (χ3n) is 4.43. The summed E-state index contributed by atoms with van der Waals surface area (Å²) in [6.45, 7) is 8.95. The van der Waals surface area contributed by atoms with E-state index in [0.717, 1.165) is 49.7 Å². The molecule has 0 radical (unpaired) electrons. The summed E-state index contributed by atoms with van der Waals surface area (Å²) in [7, 11) is 0. The van der Waals surface area contributed by atoms with Crippen molar-refractivity contribution in [2.45, 2.75) is 59.2 Å². The number of nitrogens with one attached hydrogen (secondary N) is 1. The van der Waals surface area contributed by atoms with E-state index in [2.05, 4.69) is 43.5 Å². The molecule has 3 rings (SSSR count). The fourth-order valence-electron chi connectivity index (χ4n) is 3.38. The Morgan fingerprint density at radius 3 is 3.00 bits per heavy atom. The summed E-state index contributed by atoms with van der Waals surface area (Å²) >= 11 is 0. The topological polar surface area (TPSA) is 79.7 Å². The van der Waals surface area contributed by atoms with Gasteiger partial charge in [0.1, 0.15) is 18.0 Å². The molecule has 1 N–H and O–H groups in total. The van der Waals surface area contributed by atoms with Crippen LogP contribution in [-0.2, 0) is 19.5 Å². The van der Waals surface area contributed by atoms with Gasteiger partial charge in [-0.05, 0) is 31.7 Å². The number of aryl methyl sites for hydroxylation is 1. The Balaban J connectivity index is 1.80. The number of nitrogens with zero attached hydrogens (tertiary/aromatic N) is 5. The van der Waals surface area contributed by atoms with Gasteiger partial charge in [0, 0.05) is 18.3 Å². The van der Waals surface area contributed by atoms with Gasteiger partial charge in [0.05, 0.1) is 12.6 Å². The molecule has 1 saturated heterocycles. The summed E-state index contributed by atoms with van der Waals surface area (Å²) < 4.78 is 2.16. The molecule has 1 fully saturated rings. The molecule has 0 aromatic carbocycles. The van der Waals surface area contributed by atoms with E-state index in [9.17, 15) is 4.79 Å². The number of H-pyrrole nitrogens is 1. The molecule has 0 spiro atoms. The van der Waals surface area contributed by atoms with Crippen LogP contribution in [0.2, 0.25) is 0 Å². The van der Waals surface area contributed by atoms with Gasteiger partial charge in [0.25, 0.3) is 5.56 Å². The Morgan fingerprint density at radius 1 is 1.42 bits per heavy atom. The van der Waals surface area contributed by atoms with E-state index in [1.54, 1.807) is 6.07 Å². The monoisotopic (exact) mass is 330 g/mol. The number of aromatic amines is 1. The normalized spacial score (nSPS) is 18.6. The molecule has 24 heavy (non-hydrogen) atoms. The maximum atomic E-state index is 11.8. The SMILES string of the molecule is CCc1cc(=O)[nH]c(CN2CCCC2c2nncn2CC(C)C)n1. The van der Waals surface area contributed by atoms with Gasteiger partial charge in [-0.25, -0.2) is 4.98 Å². The lowest BCUT2D eigenvalue weighted by Crippen LogP contribution is -2.28. The molecule has 130 valence electrons. The van der Waals surface area contributed by atoms with Crippen LogP contribution in [0.4, 0.5) is 0 Å². The van der Waals surface area contributed by atoms with E-state index < -0.39 is 0 Å². The zero-order chi connectivity index (χ0) is 17.1. The zero-order valence-corrected chi connectivity index (χ0v) is 14.7. The van der Waals surface area contributed by atoms with Crippen LogP contribution in [0.15, 0.2) is 17.2 Å². The molecule has 1 aliphatic rings. The van der Waals surface area contributed by atoms with Crippen LogP contribution in [0.1, 0.15) is 57.0 Å². The third-order valence-corrected chi connectivity index (χ3v) is 4.43. The van der Waals surface area contributed by atoms with Crippen LogP contribution in [0.5, 0.6) is 0 Å². The van der Waals surface area contributed by atoms with Crippen molar-refractivity contribution in [2.24, 2.45) is 5.92 Å². The lowest BCUT2D eigenvalue weighted by atomic mass is 10.2.